The molecule has 1 heterocycles. The van der Waals surface area contributed by atoms with E-state index < -0.39 is 12.0 Å². The van der Waals surface area contributed by atoms with Gasteiger partial charge in [-0.05, 0) is 33.8 Å². The Labute approximate surface area is 147 Å². The topological polar surface area (TPSA) is 76.7 Å². The molecule has 0 saturated carbocycles. The summed E-state index contributed by atoms with van der Waals surface area (Å²) >= 11 is 0. The molecule has 6 nitrogen and oxygen atoms in total. The number of carbonyl (C=O) groups excluding carboxylic acids is 2. The van der Waals surface area contributed by atoms with Gasteiger partial charge in [-0.25, -0.2) is 9.59 Å². The normalized spacial score (nSPS) is 17.5. The monoisotopic (exact) mass is 344 g/mol. The summed E-state index contributed by atoms with van der Waals surface area (Å²) in [4.78, 5) is 24.5. The minimum atomic E-state index is -0.637. The molecule has 0 saturated heterocycles. The van der Waals surface area contributed by atoms with Crippen molar-refractivity contribution in [3.05, 3.63) is 53.3 Å². The van der Waals surface area contributed by atoms with Gasteiger partial charge in [-0.2, -0.15) is 0 Å². The Hall–Kier alpha value is -2.76. The fourth-order valence-electron chi connectivity index (χ4n) is 2.58. The number of esters is 1. The molecule has 134 valence electrons. The molecule has 1 aliphatic rings. The lowest BCUT2D eigenvalue weighted by Gasteiger charge is -2.29. The molecule has 0 aromatic heterocycles. The smallest absolute Gasteiger partial charge is 0.338 e. The maximum Gasteiger partial charge on any atom is 0.338 e. The number of ether oxygens (including phenoxy) is 2. The summed E-state index contributed by atoms with van der Waals surface area (Å²) in [5.41, 5.74) is 1.55. The molecule has 2 rings (SSSR count). The van der Waals surface area contributed by atoms with Crippen LogP contribution in [0.25, 0.3) is 0 Å². The molecule has 0 radical (unpaired) electrons. The maximum atomic E-state index is 12.6. The van der Waals surface area contributed by atoms with Crippen molar-refractivity contribution in [2.75, 3.05) is 6.61 Å². The quantitative estimate of drug-likeness (QED) is 0.614. The predicted molar refractivity (Wildman–Crippen MR) is 95.1 cm³/mol. The third-order valence-corrected chi connectivity index (χ3v) is 3.63. The first kappa shape index (κ1) is 18.6. The van der Waals surface area contributed by atoms with E-state index in [-0.39, 0.29) is 18.7 Å². The van der Waals surface area contributed by atoms with Crippen LogP contribution in [0.2, 0.25) is 0 Å². The highest BCUT2D eigenvalue weighted by Gasteiger charge is 2.33. The zero-order chi connectivity index (χ0) is 18.4. The Morgan fingerprint density at radius 3 is 2.72 bits per heavy atom. The fraction of sp³-hybridized carbons (Fsp3) is 0.368. The number of hydrogen-bond donors (Lipinski definition) is 2. The molecule has 0 aliphatic carbocycles. The third-order valence-electron chi connectivity index (χ3n) is 3.63. The van der Waals surface area contributed by atoms with E-state index in [1.165, 1.54) is 0 Å². The summed E-state index contributed by atoms with van der Waals surface area (Å²) in [6, 6.07) is 6.34. The van der Waals surface area contributed by atoms with Crippen LogP contribution in [0.1, 0.15) is 39.3 Å². The average molecular weight is 344 g/mol. The molecule has 6 heteroatoms. The highest BCUT2D eigenvalue weighted by Crippen LogP contribution is 2.33. The molecule has 1 aliphatic heterocycles. The minimum absolute atomic E-state index is 0.0336. The van der Waals surface area contributed by atoms with Crippen molar-refractivity contribution in [1.82, 2.24) is 10.6 Å². The number of benzene rings is 1. The number of carbonyl (C=O) groups is 2. The molecule has 1 aromatic carbocycles. The van der Waals surface area contributed by atoms with Gasteiger partial charge in [-0.3, -0.25) is 0 Å². The van der Waals surface area contributed by atoms with E-state index in [1.54, 1.807) is 19.1 Å². The highest BCUT2D eigenvalue weighted by atomic mass is 16.5. The summed E-state index contributed by atoms with van der Waals surface area (Å²) in [6.07, 6.45) is 3.51. The summed E-state index contributed by atoms with van der Waals surface area (Å²) in [5, 5.41) is 5.42. The number of rotatable bonds is 6. The summed E-state index contributed by atoms with van der Waals surface area (Å²) in [7, 11) is 0. The number of para-hydroxylation sites is 1. The first-order valence-corrected chi connectivity index (χ1v) is 8.26. The van der Waals surface area contributed by atoms with Crippen LogP contribution >= 0.6 is 0 Å². The van der Waals surface area contributed by atoms with Crippen molar-refractivity contribution in [3.8, 4) is 5.75 Å². The van der Waals surface area contributed by atoms with Crippen LogP contribution in [-0.4, -0.2) is 24.7 Å². The van der Waals surface area contributed by atoms with Gasteiger partial charge in [0.15, 0.2) is 0 Å². The van der Waals surface area contributed by atoms with Crippen molar-refractivity contribution in [3.63, 3.8) is 0 Å². The van der Waals surface area contributed by atoms with Gasteiger partial charge in [0, 0.05) is 11.3 Å². The zero-order valence-corrected chi connectivity index (χ0v) is 15.0. The molecular weight excluding hydrogens is 320 g/mol. The molecule has 25 heavy (non-hydrogen) atoms. The van der Waals surface area contributed by atoms with Gasteiger partial charge < -0.3 is 20.1 Å². The predicted octanol–water partition coefficient (Wildman–Crippen LogP) is 3.22. The van der Waals surface area contributed by atoms with E-state index in [4.69, 9.17) is 9.47 Å². The van der Waals surface area contributed by atoms with Crippen molar-refractivity contribution >= 4 is 12.0 Å². The van der Waals surface area contributed by atoms with Crippen molar-refractivity contribution in [2.45, 2.75) is 39.8 Å². The Bertz CT molecular complexity index is 707. The second-order valence-corrected chi connectivity index (χ2v) is 5.94. The summed E-state index contributed by atoms with van der Waals surface area (Å²) in [6.45, 7) is 7.56. The Kier molecular flexibility index (Phi) is 6.22. The molecule has 0 fully saturated rings. The maximum absolute atomic E-state index is 12.6. The Morgan fingerprint density at radius 1 is 1.32 bits per heavy atom. The molecular formula is C19H24N2O4. The summed E-state index contributed by atoms with van der Waals surface area (Å²) in [5.74, 6) is 0.142. The van der Waals surface area contributed by atoms with Gasteiger partial charge in [-0.15, -0.1) is 0 Å². The van der Waals surface area contributed by atoms with Crippen LogP contribution in [0.3, 0.4) is 0 Å². The van der Waals surface area contributed by atoms with E-state index in [2.05, 4.69) is 10.6 Å². The standard InChI is InChI=1S/C19H24N2O4/c1-5-6-11-24-18(22)16-13(4)20-19(23)21-17(16)14-9-7-8-10-15(14)25-12(2)3/h5-10,12,17H,11H2,1-4H3,(H2,20,21,23)/b6-5+/t17-/m0/s1. The molecule has 2 amide bonds. The van der Waals surface area contributed by atoms with Crippen LogP contribution in [0, 0.1) is 0 Å². The highest BCUT2D eigenvalue weighted by molar-refractivity contribution is 5.95. The second kappa shape index (κ2) is 8.37. The molecule has 1 atom stereocenters. The van der Waals surface area contributed by atoms with Crippen LogP contribution in [-0.2, 0) is 9.53 Å². The second-order valence-electron chi connectivity index (χ2n) is 5.94. The lowest BCUT2D eigenvalue weighted by molar-refractivity contribution is -0.138. The molecule has 0 spiro atoms. The van der Waals surface area contributed by atoms with E-state index in [0.717, 1.165) is 0 Å². The van der Waals surface area contributed by atoms with Gasteiger partial charge >= 0.3 is 12.0 Å². The van der Waals surface area contributed by atoms with E-state index in [9.17, 15) is 9.59 Å². The lowest BCUT2D eigenvalue weighted by Crippen LogP contribution is -2.45. The first-order valence-electron chi connectivity index (χ1n) is 8.26. The van der Waals surface area contributed by atoms with Gasteiger partial charge in [0.05, 0.1) is 17.7 Å². The average Bonchev–Trinajstić information content (AvgIpc) is 2.54. The van der Waals surface area contributed by atoms with Gasteiger partial charge in [0.2, 0.25) is 0 Å². The molecule has 0 bridgehead atoms. The molecule has 0 unspecified atom stereocenters. The first-order chi connectivity index (χ1) is 11.9. The molecule has 2 N–H and O–H groups in total. The minimum Gasteiger partial charge on any atom is -0.491 e. The van der Waals surface area contributed by atoms with E-state index in [0.29, 0.717) is 22.6 Å². The number of urea groups is 1. The fourth-order valence-corrected chi connectivity index (χ4v) is 2.58. The number of amides is 2. The van der Waals surface area contributed by atoms with Crippen molar-refractivity contribution in [2.24, 2.45) is 0 Å². The van der Waals surface area contributed by atoms with E-state index in [1.807, 2.05) is 45.0 Å². The SMILES string of the molecule is C/C=C/COC(=O)C1=C(C)NC(=O)N[C@H]1c1ccccc1OC(C)C. The number of hydrogen-bond acceptors (Lipinski definition) is 4. The lowest BCUT2D eigenvalue weighted by atomic mass is 9.95. The summed E-state index contributed by atoms with van der Waals surface area (Å²) < 4.78 is 11.1. The van der Waals surface area contributed by atoms with Crippen LogP contribution in [0.4, 0.5) is 4.79 Å². The van der Waals surface area contributed by atoms with Gasteiger partial charge in [0.1, 0.15) is 12.4 Å². The molecule has 1 aromatic rings. The van der Waals surface area contributed by atoms with Gasteiger partial charge in [0.25, 0.3) is 0 Å². The number of nitrogens with one attached hydrogen (secondary N) is 2. The zero-order valence-electron chi connectivity index (χ0n) is 15.0. The Morgan fingerprint density at radius 2 is 2.04 bits per heavy atom. The van der Waals surface area contributed by atoms with Crippen LogP contribution in [0.15, 0.2) is 47.7 Å². The van der Waals surface area contributed by atoms with Crippen LogP contribution in [0.5, 0.6) is 5.75 Å². The van der Waals surface area contributed by atoms with E-state index >= 15 is 0 Å². The van der Waals surface area contributed by atoms with Crippen LogP contribution < -0.4 is 15.4 Å². The largest absolute Gasteiger partial charge is 0.491 e. The third kappa shape index (κ3) is 4.62. The number of allylic oxidation sites excluding steroid dienone is 2. The Balaban J connectivity index is 2.41. The van der Waals surface area contributed by atoms with Crippen molar-refractivity contribution in [1.29, 1.82) is 0 Å². The van der Waals surface area contributed by atoms with Gasteiger partial charge in [-0.1, -0.05) is 30.4 Å². The van der Waals surface area contributed by atoms with Crippen molar-refractivity contribution < 1.29 is 19.1 Å².